The number of carboxylic acids is 1. The predicted molar refractivity (Wildman–Crippen MR) is 77.4 cm³/mol. The maximum Gasteiger partial charge on any atom is 0.308 e. The Hall–Kier alpha value is -2.50. The Morgan fingerprint density at radius 2 is 2.00 bits per heavy atom. The summed E-state index contributed by atoms with van der Waals surface area (Å²) < 4.78 is 12.3. The third-order valence-corrected chi connectivity index (χ3v) is 3.19. The minimum Gasteiger partial charge on any atom is -0.494 e. The first-order valence-corrected chi connectivity index (χ1v) is 6.62. The Bertz CT molecular complexity index is 649. The molecule has 6 heteroatoms. The van der Waals surface area contributed by atoms with E-state index in [0.717, 1.165) is 0 Å². The van der Waals surface area contributed by atoms with Gasteiger partial charge in [0.25, 0.3) is 0 Å². The van der Waals surface area contributed by atoms with Gasteiger partial charge < -0.3 is 14.6 Å². The van der Waals surface area contributed by atoms with Crippen LogP contribution in [0.4, 0.5) is 0 Å². The lowest BCUT2D eigenvalue weighted by molar-refractivity contribution is -0.136. The third-order valence-electron chi connectivity index (χ3n) is 3.19. The van der Waals surface area contributed by atoms with Gasteiger partial charge in [-0.15, -0.1) is 0 Å². The van der Waals surface area contributed by atoms with Gasteiger partial charge in [0.05, 0.1) is 26.3 Å². The first-order valence-electron chi connectivity index (χ1n) is 6.62. The number of methoxy groups -OCH3 is 2. The van der Waals surface area contributed by atoms with Crippen LogP contribution in [0.2, 0.25) is 0 Å². The topological polar surface area (TPSA) is 73.6 Å². The zero-order chi connectivity index (χ0) is 15.4. The van der Waals surface area contributed by atoms with Gasteiger partial charge in [-0.1, -0.05) is 19.1 Å². The zero-order valence-corrected chi connectivity index (χ0v) is 12.3. The second kappa shape index (κ2) is 6.30. The highest BCUT2D eigenvalue weighted by atomic mass is 16.5. The van der Waals surface area contributed by atoms with Crippen LogP contribution in [0.25, 0.3) is 5.69 Å². The van der Waals surface area contributed by atoms with Crippen LogP contribution >= 0.6 is 0 Å². The van der Waals surface area contributed by atoms with Crippen molar-refractivity contribution in [2.75, 3.05) is 14.2 Å². The largest absolute Gasteiger partial charge is 0.494 e. The molecule has 0 atom stereocenters. The lowest BCUT2D eigenvalue weighted by atomic mass is 10.1. The van der Waals surface area contributed by atoms with Crippen LogP contribution in [0, 0.1) is 0 Å². The van der Waals surface area contributed by atoms with Crippen molar-refractivity contribution in [1.82, 2.24) is 9.78 Å². The molecule has 1 aromatic heterocycles. The second-order valence-electron chi connectivity index (χ2n) is 4.44. The number of ether oxygens (including phenoxy) is 2. The summed E-state index contributed by atoms with van der Waals surface area (Å²) in [6.45, 7) is 1.93. The van der Waals surface area contributed by atoms with Crippen LogP contribution in [0.5, 0.6) is 11.6 Å². The lowest BCUT2D eigenvalue weighted by Gasteiger charge is -2.11. The van der Waals surface area contributed by atoms with Crippen molar-refractivity contribution in [3.8, 4) is 17.3 Å². The molecule has 21 heavy (non-hydrogen) atoms. The van der Waals surface area contributed by atoms with E-state index in [1.807, 2.05) is 31.2 Å². The molecular weight excluding hydrogens is 272 g/mol. The fourth-order valence-electron chi connectivity index (χ4n) is 2.27. The average Bonchev–Trinajstić information content (AvgIpc) is 2.83. The molecule has 1 heterocycles. The van der Waals surface area contributed by atoms with Gasteiger partial charge in [-0.2, -0.15) is 9.78 Å². The molecule has 0 unspecified atom stereocenters. The van der Waals surface area contributed by atoms with Crippen molar-refractivity contribution in [1.29, 1.82) is 0 Å². The zero-order valence-electron chi connectivity index (χ0n) is 12.3. The van der Waals surface area contributed by atoms with E-state index in [0.29, 0.717) is 35.0 Å². The van der Waals surface area contributed by atoms with Crippen molar-refractivity contribution >= 4 is 5.97 Å². The van der Waals surface area contributed by atoms with Crippen LogP contribution < -0.4 is 9.47 Å². The number of aromatic nitrogens is 2. The molecule has 0 aliphatic heterocycles. The van der Waals surface area contributed by atoms with E-state index >= 15 is 0 Å². The van der Waals surface area contributed by atoms with Crippen molar-refractivity contribution < 1.29 is 19.4 Å². The van der Waals surface area contributed by atoms with Gasteiger partial charge in [0.15, 0.2) is 0 Å². The number of para-hydroxylation sites is 2. The Morgan fingerprint density at radius 1 is 1.29 bits per heavy atom. The van der Waals surface area contributed by atoms with Crippen molar-refractivity contribution in [3.63, 3.8) is 0 Å². The SMILES string of the molecule is CCc1nn(-c2ccccc2OC)c(OC)c1CC(=O)O. The number of aryl methyl sites for hydroxylation is 1. The summed E-state index contributed by atoms with van der Waals surface area (Å²) in [5, 5.41) is 13.5. The molecule has 0 radical (unpaired) electrons. The highest BCUT2D eigenvalue weighted by Gasteiger charge is 2.22. The summed E-state index contributed by atoms with van der Waals surface area (Å²) in [6, 6.07) is 7.38. The summed E-state index contributed by atoms with van der Waals surface area (Å²) in [6.07, 6.45) is 0.503. The molecule has 2 aromatic rings. The molecule has 0 saturated heterocycles. The number of benzene rings is 1. The van der Waals surface area contributed by atoms with Crippen LogP contribution in [-0.4, -0.2) is 35.1 Å². The van der Waals surface area contributed by atoms with E-state index in [1.54, 1.807) is 11.8 Å². The molecule has 0 saturated carbocycles. The van der Waals surface area contributed by atoms with E-state index < -0.39 is 5.97 Å². The maximum absolute atomic E-state index is 11.1. The van der Waals surface area contributed by atoms with Crippen molar-refractivity contribution in [2.24, 2.45) is 0 Å². The van der Waals surface area contributed by atoms with Gasteiger partial charge in [0.2, 0.25) is 5.88 Å². The van der Waals surface area contributed by atoms with Crippen LogP contribution in [0.1, 0.15) is 18.2 Å². The van der Waals surface area contributed by atoms with E-state index in [9.17, 15) is 4.79 Å². The average molecular weight is 290 g/mol. The van der Waals surface area contributed by atoms with Gasteiger partial charge in [-0.25, -0.2) is 0 Å². The Balaban J connectivity index is 2.63. The lowest BCUT2D eigenvalue weighted by Crippen LogP contribution is -2.05. The number of aliphatic carboxylic acids is 1. The number of rotatable bonds is 6. The van der Waals surface area contributed by atoms with Crippen LogP contribution in [0.15, 0.2) is 24.3 Å². The van der Waals surface area contributed by atoms with Gasteiger partial charge in [0.1, 0.15) is 11.4 Å². The number of carboxylic acid groups (broad SMARTS) is 1. The molecule has 6 nitrogen and oxygen atoms in total. The number of hydrogen-bond donors (Lipinski definition) is 1. The van der Waals surface area contributed by atoms with E-state index in [2.05, 4.69) is 5.10 Å². The fourth-order valence-corrected chi connectivity index (χ4v) is 2.27. The van der Waals surface area contributed by atoms with Crippen molar-refractivity contribution in [2.45, 2.75) is 19.8 Å². The molecule has 0 bridgehead atoms. The summed E-state index contributed by atoms with van der Waals surface area (Å²) in [5.41, 5.74) is 2.02. The number of nitrogens with zero attached hydrogens (tertiary/aromatic N) is 2. The van der Waals surface area contributed by atoms with Crippen LogP contribution in [-0.2, 0) is 17.6 Å². The monoisotopic (exact) mass is 290 g/mol. The van der Waals surface area contributed by atoms with Crippen molar-refractivity contribution in [3.05, 3.63) is 35.5 Å². The minimum atomic E-state index is -0.914. The maximum atomic E-state index is 11.1. The summed E-state index contributed by atoms with van der Waals surface area (Å²) in [5.74, 6) is 0.157. The van der Waals surface area contributed by atoms with Gasteiger partial charge in [-0.05, 0) is 18.6 Å². The van der Waals surface area contributed by atoms with Crippen LogP contribution in [0.3, 0.4) is 0 Å². The summed E-state index contributed by atoms with van der Waals surface area (Å²) in [4.78, 5) is 11.1. The van der Waals surface area contributed by atoms with E-state index in [-0.39, 0.29) is 6.42 Å². The highest BCUT2D eigenvalue weighted by molar-refractivity contribution is 5.72. The van der Waals surface area contributed by atoms with E-state index in [1.165, 1.54) is 7.11 Å². The molecule has 0 aliphatic rings. The molecule has 0 amide bonds. The van der Waals surface area contributed by atoms with Gasteiger partial charge in [0, 0.05) is 5.56 Å². The smallest absolute Gasteiger partial charge is 0.308 e. The predicted octanol–water partition coefficient (Wildman–Crippen LogP) is 2.08. The molecule has 0 aliphatic carbocycles. The summed E-state index contributed by atoms with van der Waals surface area (Å²) in [7, 11) is 3.08. The highest BCUT2D eigenvalue weighted by Crippen LogP contribution is 2.31. The second-order valence-corrected chi connectivity index (χ2v) is 4.44. The number of carbonyl (C=O) groups is 1. The molecule has 112 valence electrons. The molecule has 1 N–H and O–H groups in total. The molecule has 2 rings (SSSR count). The van der Waals surface area contributed by atoms with E-state index in [4.69, 9.17) is 14.6 Å². The Morgan fingerprint density at radius 3 is 2.57 bits per heavy atom. The Labute approximate surface area is 122 Å². The normalized spacial score (nSPS) is 10.4. The Kier molecular flexibility index (Phi) is 4.47. The minimum absolute atomic E-state index is 0.124. The van der Waals surface area contributed by atoms with Gasteiger partial charge in [-0.3, -0.25) is 4.79 Å². The summed E-state index contributed by atoms with van der Waals surface area (Å²) >= 11 is 0. The first kappa shape index (κ1) is 14.9. The standard InChI is InChI=1S/C15H18N2O4/c1-4-11-10(9-14(18)19)15(21-3)17(16-11)12-7-5-6-8-13(12)20-2/h5-8H,4,9H2,1-3H3,(H,18,19). The van der Waals surface area contributed by atoms with Gasteiger partial charge >= 0.3 is 5.97 Å². The molecular formula is C15H18N2O4. The number of hydrogen-bond acceptors (Lipinski definition) is 4. The quantitative estimate of drug-likeness (QED) is 0.881. The first-order chi connectivity index (χ1) is 10.1. The third kappa shape index (κ3) is 2.84. The fraction of sp³-hybridized carbons (Fsp3) is 0.333. The molecule has 1 aromatic carbocycles. The molecule has 0 fully saturated rings. The molecule has 0 spiro atoms.